The largest absolute Gasteiger partial charge is 0.370 e. The molecule has 0 fully saturated rings. The maximum Gasteiger partial charge on any atom is 0.140 e. The zero-order chi connectivity index (χ0) is 13.8. The molecule has 1 aromatic heterocycles. The topological polar surface area (TPSA) is 37.8 Å². The summed E-state index contributed by atoms with van der Waals surface area (Å²) in [5.41, 5.74) is 2.34. The summed E-state index contributed by atoms with van der Waals surface area (Å²) in [4.78, 5) is 9.27. The minimum absolute atomic E-state index is 0.249. The summed E-state index contributed by atoms with van der Waals surface area (Å²) in [6.45, 7) is 13.9. The van der Waals surface area contributed by atoms with Gasteiger partial charge in [-0.2, -0.15) is 0 Å². The molecule has 1 aromatic rings. The smallest absolute Gasteiger partial charge is 0.140 e. The van der Waals surface area contributed by atoms with E-state index in [0.717, 1.165) is 36.1 Å². The highest BCUT2D eigenvalue weighted by atomic mass is 32.2. The molecule has 0 saturated heterocycles. The van der Waals surface area contributed by atoms with Crippen LogP contribution in [0.3, 0.4) is 0 Å². The van der Waals surface area contributed by atoms with Crippen LogP contribution in [0.25, 0.3) is 0 Å². The highest BCUT2D eigenvalue weighted by Gasteiger charge is 2.14. The number of anilines is 1. The van der Waals surface area contributed by atoms with Crippen LogP contribution in [-0.4, -0.2) is 21.3 Å². The Morgan fingerprint density at radius 1 is 1.17 bits per heavy atom. The number of hydrogen-bond acceptors (Lipinski definition) is 4. The van der Waals surface area contributed by atoms with Gasteiger partial charge in [0.2, 0.25) is 0 Å². The van der Waals surface area contributed by atoms with Crippen molar-refractivity contribution in [3.63, 3.8) is 0 Å². The summed E-state index contributed by atoms with van der Waals surface area (Å²) in [5, 5.41) is 3.35. The zero-order valence-corrected chi connectivity index (χ0v) is 13.2. The van der Waals surface area contributed by atoms with Crippen molar-refractivity contribution in [2.24, 2.45) is 0 Å². The molecule has 1 N–H and O–H groups in total. The second-order valence-corrected chi connectivity index (χ2v) is 7.14. The van der Waals surface area contributed by atoms with E-state index >= 15 is 0 Å². The van der Waals surface area contributed by atoms with Crippen molar-refractivity contribution in [1.29, 1.82) is 0 Å². The van der Waals surface area contributed by atoms with Crippen LogP contribution in [0.15, 0.2) is 0 Å². The molecule has 18 heavy (non-hydrogen) atoms. The van der Waals surface area contributed by atoms with Gasteiger partial charge in [-0.05, 0) is 20.3 Å². The summed E-state index contributed by atoms with van der Waals surface area (Å²) in [6, 6.07) is 0. The molecule has 0 aromatic carbocycles. The van der Waals surface area contributed by atoms with E-state index in [0.29, 0.717) is 0 Å². The molecular formula is C14H25N3S. The lowest BCUT2D eigenvalue weighted by atomic mass is 10.1. The van der Waals surface area contributed by atoms with Crippen LogP contribution >= 0.6 is 11.8 Å². The average molecular weight is 267 g/mol. The third-order valence-corrected chi connectivity index (χ3v) is 3.86. The first-order valence-electron chi connectivity index (χ1n) is 6.61. The van der Waals surface area contributed by atoms with E-state index in [-0.39, 0.29) is 4.75 Å². The van der Waals surface area contributed by atoms with Crippen LogP contribution in [0.5, 0.6) is 0 Å². The van der Waals surface area contributed by atoms with Crippen LogP contribution in [0.2, 0.25) is 0 Å². The Bertz CT molecular complexity index is 397. The maximum atomic E-state index is 4.65. The van der Waals surface area contributed by atoms with Gasteiger partial charge in [-0.25, -0.2) is 9.97 Å². The number of hydrogen-bond donors (Lipinski definition) is 1. The predicted molar refractivity (Wildman–Crippen MR) is 81.4 cm³/mol. The monoisotopic (exact) mass is 267 g/mol. The normalized spacial score (nSPS) is 11.7. The average Bonchev–Trinajstić information content (AvgIpc) is 2.26. The summed E-state index contributed by atoms with van der Waals surface area (Å²) < 4.78 is 0.249. The maximum absolute atomic E-state index is 4.65. The Balaban J connectivity index is 2.94. The van der Waals surface area contributed by atoms with E-state index in [2.05, 4.69) is 56.8 Å². The summed E-state index contributed by atoms with van der Waals surface area (Å²) >= 11 is 1.88. The number of nitrogens with one attached hydrogen (secondary N) is 1. The second-order valence-electron chi connectivity index (χ2n) is 5.34. The Morgan fingerprint density at radius 2 is 1.83 bits per heavy atom. The van der Waals surface area contributed by atoms with E-state index in [1.54, 1.807) is 0 Å². The van der Waals surface area contributed by atoms with E-state index in [9.17, 15) is 0 Å². The first-order valence-corrected chi connectivity index (χ1v) is 7.60. The quantitative estimate of drug-likeness (QED) is 0.880. The van der Waals surface area contributed by atoms with Crippen LogP contribution in [0.1, 0.15) is 51.7 Å². The van der Waals surface area contributed by atoms with Crippen molar-refractivity contribution in [1.82, 2.24) is 9.97 Å². The molecule has 0 amide bonds. The van der Waals surface area contributed by atoms with Crippen molar-refractivity contribution in [3.05, 3.63) is 17.1 Å². The number of aryl methyl sites for hydroxylation is 1. The van der Waals surface area contributed by atoms with Gasteiger partial charge in [-0.1, -0.05) is 27.7 Å². The van der Waals surface area contributed by atoms with Crippen molar-refractivity contribution in [2.45, 2.75) is 58.5 Å². The van der Waals surface area contributed by atoms with E-state index in [4.69, 9.17) is 0 Å². The predicted octanol–water partition coefficient (Wildman–Crippen LogP) is 3.81. The van der Waals surface area contributed by atoms with Gasteiger partial charge < -0.3 is 5.32 Å². The van der Waals surface area contributed by atoms with E-state index in [1.165, 1.54) is 5.56 Å². The molecule has 0 bridgehead atoms. The highest BCUT2D eigenvalue weighted by Crippen LogP contribution is 2.27. The molecule has 0 aliphatic carbocycles. The lowest BCUT2D eigenvalue weighted by Crippen LogP contribution is -2.12. The molecule has 102 valence electrons. The van der Waals surface area contributed by atoms with Crippen LogP contribution in [0.4, 0.5) is 5.82 Å². The molecule has 3 nitrogen and oxygen atoms in total. The van der Waals surface area contributed by atoms with Crippen molar-refractivity contribution in [3.8, 4) is 0 Å². The van der Waals surface area contributed by atoms with Gasteiger partial charge in [0.1, 0.15) is 11.6 Å². The fourth-order valence-electron chi connectivity index (χ4n) is 1.74. The molecule has 0 unspecified atom stereocenters. The Hall–Kier alpha value is -0.770. The van der Waals surface area contributed by atoms with Gasteiger partial charge in [0, 0.05) is 22.5 Å². The molecule has 0 atom stereocenters. The standard InChI is InChI=1S/C14H25N3S/c1-7-11-10(3)16-12(9-18-14(4,5)6)17-13(11)15-8-2/h7-9H2,1-6H3,(H,15,16,17). The van der Waals surface area contributed by atoms with Gasteiger partial charge in [-0.15, -0.1) is 11.8 Å². The summed E-state index contributed by atoms with van der Waals surface area (Å²) in [7, 11) is 0. The first kappa shape index (κ1) is 15.3. The zero-order valence-electron chi connectivity index (χ0n) is 12.4. The van der Waals surface area contributed by atoms with Gasteiger partial charge in [-0.3, -0.25) is 0 Å². The fraction of sp³-hybridized carbons (Fsp3) is 0.714. The summed E-state index contributed by atoms with van der Waals surface area (Å²) in [6.07, 6.45) is 0.973. The molecule has 1 rings (SSSR count). The minimum Gasteiger partial charge on any atom is -0.370 e. The Morgan fingerprint density at radius 3 is 2.33 bits per heavy atom. The van der Waals surface area contributed by atoms with E-state index in [1.807, 2.05) is 11.8 Å². The van der Waals surface area contributed by atoms with Crippen LogP contribution < -0.4 is 5.32 Å². The lowest BCUT2D eigenvalue weighted by molar-refractivity contribution is 0.799. The van der Waals surface area contributed by atoms with Gasteiger partial charge in [0.05, 0.1) is 5.75 Å². The molecular weight excluding hydrogens is 242 g/mol. The van der Waals surface area contributed by atoms with Crippen LogP contribution in [-0.2, 0) is 12.2 Å². The number of rotatable bonds is 5. The number of aromatic nitrogens is 2. The third-order valence-electron chi connectivity index (χ3n) is 2.59. The molecule has 0 saturated carbocycles. The third kappa shape index (κ3) is 4.48. The van der Waals surface area contributed by atoms with E-state index < -0.39 is 0 Å². The summed E-state index contributed by atoms with van der Waals surface area (Å²) in [5.74, 6) is 2.81. The Labute approximate surface area is 115 Å². The van der Waals surface area contributed by atoms with Gasteiger partial charge >= 0.3 is 0 Å². The SMILES string of the molecule is CCNc1nc(CSC(C)(C)C)nc(C)c1CC. The van der Waals surface area contributed by atoms with Crippen molar-refractivity contribution in [2.75, 3.05) is 11.9 Å². The second kappa shape index (κ2) is 6.41. The fourth-order valence-corrected chi connectivity index (χ4v) is 2.43. The number of nitrogens with zero attached hydrogens (tertiary/aromatic N) is 2. The molecule has 0 spiro atoms. The van der Waals surface area contributed by atoms with Gasteiger partial charge in [0.15, 0.2) is 0 Å². The van der Waals surface area contributed by atoms with Crippen molar-refractivity contribution < 1.29 is 0 Å². The minimum atomic E-state index is 0.249. The molecule has 4 heteroatoms. The van der Waals surface area contributed by atoms with Crippen molar-refractivity contribution >= 4 is 17.6 Å². The molecule has 1 heterocycles. The highest BCUT2D eigenvalue weighted by molar-refractivity contribution is 7.99. The van der Waals surface area contributed by atoms with Crippen LogP contribution in [0, 0.1) is 6.92 Å². The molecule has 0 aliphatic rings. The van der Waals surface area contributed by atoms with Gasteiger partial charge in [0.25, 0.3) is 0 Å². The first-order chi connectivity index (χ1) is 8.37. The lowest BCUT2D eigenvalue weighted by Gasteiger charge is -2.18. The molecule has 0 aliphatic heterocycles. The Kier molecular flexibility index (Phi) is 5.45. The number of thioether (sulfide) groups is 1. The molecule has 0 radical (unpaired) electrons.